The lowest BCUT2D eigenvalue weighted by molar-refractivity contribution is -0.384. The maximum Gasteiger partial charge on any atom is 0.406 e. The number of likely N-dealkylation sites (tertiary alicyclic amines) is 1. The first-order valence-electron chi connectivity index (χ1n) is 6.42. The highest BCUT2D eigenvalue weighted by Gasteiger charge is 2.64. The van der Waals surface area contributed by atoms with Crippen LogP contribution in [0.25, 0.3) is 0 Å². The maximum atomic E-state index is 13.1. The van der Waals surface area contributed by atoms with Crippen LogP contribution in [0.15, 0.2) is 24.3 Å². The Morgan fingerprint density at radius 1 is 1.26 bits per heavy atom. The fourth-order valence-corrected chi connectivity index (χ4v) is 2.42. The Hall–Kier alpha value is -2.65. The minimum Gasteiger partial charge on any atom is -0.481 e. The maximum absolute atomic E-state index is 13.1. The van der Waals surface area contributed by atoms with Gasteiger partial charge in [-0.05, 0) is 18.6 Å². The Balaban J connectivity index is 2.22. The van der Waals surface area contributed by atoms with Crippen LogP contribution in [0.2, 0.25) is 0 Å². The highest BCUT2D eigenvalue weighted by molar-refractivity contribution is 5.95. The predicted octanol–water partition coefficient (Wildman–Crippen LogP) is 2.07. The lowest BCUT2D eigenvalue weighted by Gasteiger charge is -2.27. The van der Waals surface area contributed by atoms with E-state index in [1.807, 2.05) is 0 Å². The van der Waals surface area contributed by atoms with E-state index in [1.54, 1.807) is 0 Å². The summed E-state index contributed by atoms with van der Waals surface area (Å²) in [6, 6.07) is 4.35. The number of alkyl halides is 3. The van der Waals surface area contributed by atoms with Crippen molar-refractivity contribution in [2.24, 2.45) is 5.41 Å². The van der Waals surface area contributed by atoms with E-state index < -0.39 is 41.4 Å². The zero-order chi connectivity index (χ0) is 17.4. The molecule has 1 aliphatic heterocycles. The van der Waals surface area contributed by atoms with Crippen molar-refractivity contribution in [2.75, 3.05) is 13.1 Å². The number of non-ortho nitro benzene ring substituents is 1. The first-order valence-corrected chi connectivity index (χ1v) is 6.42. The number of hydrogen-bond acceptors (Lipinski definition) is 4. The van der Waals surface area contributed by atoms with Crippen LogP contribution in [0.5, 0.6) is 0 Å². The van der Waals surface area contributed by atoms with Gasteiger partial charge in [0, 0.05) is 30.8 Å². The summed E-state index contributed by atoms with van der Waals surface area (Å²) in [6.45, 7) is -1.34. The Labute approximate surface area is 127 Å². The second kappa shape index (κ2) is 5.52. The van der Waals surface area contributed by atoms with E-state index in [0.29, 0.717) is 0 Å². The van der Waals surface area contributed by atoms with Crippen LogP contribution in [0.4, 0.5) is 18.9 Å². The molecule has 0 saturated carbocycles. The van der Waals surface area contributed by atoms with E-state index >= 15 is 0 Å². The second-order valence-corrected chi connectivity index (χ2v) is 5.17. The van der Waals surface area contributed by atoms with Crippen LogP contribution < -0.4 is 0 Å². The topological polar surface area (TPSA) is 101 Å². The molecule has 7 nitrogen and oxygen atoms in total. The number of rotatable bonds is 3. The molecule has 2 rings (SSSR count). The fourth-order valence-electron chi connectivity index (χ4n) is 2.42. The van der Waals surface area contributed by atoms with Gasteiger partial charge in [-0.15, -0.1) is 0 Å². The van der Waals surface area contributed by atoms with Crippen molar-refractivity contribution in [3.8, 4) is 0 Å². The van der Waals surface area contributed by atoms with Crippen molar-refractivity contribution in [3.63, 3.8) is 0 Å². The van der Waals surface area contributed by atoms with Crippen LogP contribution in [-0.2, 0) is 4.79 Å². The van der Waals surface area contributed by atoms with E-state index in [0.717, 1.165) is 29.2 Å². The van der Waals surface area contributed by atoms with E-state index in [4.69, 9.17) is 5.11 Å². The number of carbonyl (C=O) groups is 2. The molecule has 1 heterocycles. The Bertz CT molecular complexity index is 659. The van der Waals surface area contributed by atoms with Crippen LogP contribution >= 0.6 is 0 Å². The zero-order valence-corrected chi connectivity index (χ0v) is 11.5. The minimum atomic E-state index is -4.98. The monoisotopic (exact) mass is 332 g/mol. The lowest BCUT2D eigenvalue weighted by Crippen LogP contribution is -2.47. The van der Waals surface area contributed by atoms with Gasteiger partial charge in [-0.1, -0.05) is 0 Å². The van der Waals surface area contributed by atoms with Crippen molar-refractivity contribution in [1.82, 2.24) is 4.90 Å². The van der Waals surface area contributed by atoms with Crippen molar-refractivity contribution in [3.05, 3.63) is 39.9 Å². The van der Waals surface area contributed by atoms with E-state index in [-0.39, 0.29) is 17.8 Å². The molecule has 0 spiro atoms. The number of amides is 1. The molecule has 1 aromatic rings. The molecular formula is C13H11F3N2O5. The molecule has 23 heavy (non-hydrogen) atoms. The normalized spacial score (nSPS) is 21.3. The summed E-state index contributed by atoms with van der Waals surface area (Å²) < 4.78 is 39.2. The van der Waals surface area contributed by atoms with E-state index in [2.05, 4.69) is 0 Å². The number of nitro benzene ring substituents is 1. The highest BCUT2D eigenvalue weighted by atomic mass is 19.4. The number of hydrogen-bond donors (Lipinski definition) is 1. The largest absolute Gasteiger partial charge is 0.481 e. The first kappa shape index (κ1) is 16.7. The quantitative estimate of drug-likeness (QED) is 0.674. The summed E-state index contributed by atoms with van der Waals surface area (Å²) in [5.74, 6) is -2.82. The Morgan fingerprint density at radius 2 is 1.83 bits per heavy atom. The average Bonchev–Trinajstić information content (AvgIpc) is 2.93. The third-order valence-corrected chi connectivity index (χ3v) is 3.83. The number of carbonyl (C=O) groups excluding carboxylic acids is 1. The highest BCUT2D eigenvalue weighted by Crippen LogP contribution is 2.46. The average molecular weight is 332 g/mol. The van der Waals surface area contributed by atoms with Crippen LogP contribution in [-0.4, -0.2) is 46.1 Å². The number of nitro groups is 1. The van der Waals surface area contributed by atoms with Crippen LogP contribution in [0, 0.1) is 15.5 Å². The molecule has 0 radical (unpaired) electrons. The molecular weight excluding hydrogens is 321 g/mol. The third-order valence-electron chi connectivity index (χ3n) is 3.83. The number of carboxylic acids is 1. The Morgan fingerprint density at radius 3 is 2.22 bits per heavy atom. The number of nitrogens with zero attached hydrogens (tertiary/aromatic N) is 2. The molecule has 1 aliphatic rings. The molecule has 1 amide bonds. The van der Waals surface area contributed by atoms with Gasteiger partial charge in [0.1, 0.15) is 0 Å². The van der Waals surface area contributed by atoms with Gasteiger partial charge in [0.25, 0.3) is 11.6 Å². The van der Waals surface area contributed by atoms with Gasteiger partial charge in [0.05, 0.1) is 4.92 Å². The second-order valence-electron chi connectivity index (χ2n) is 5.17. The molecule has 10 heteroatoms. The molecule has 1 saturated heterocycles. The van der Waals surface area contributed by atoms with Crippen LogP contribution in [0.1, 0.15) is 16.8 Å². The summed E-state index contributed by atoms with van der Waals surface area (Å²) >= 11 is 0. The number of benzene rings is 1. The molecule has 0 bridgehead atoms. The SMILES string of the molecule is O=C(c1ccc([N+](=O)[O-])cc1)N1CCC(C(=O)O)(C(F)(F)F)C1. The first-order chi connectivity index (χ1) is 10.6. The summed E-state index contributed by atoms with van der Waals surface area (Å²) in [5, 5.41) is 19.5. The molecule has 124 valence electrons. The van der Waals surface area contributed by atoms with Crippen molar-refractivity contribution >= 4 is 17.6 Å². The van der Waals surface area contributed by atoms with Gasteiger partial charge in [-0.3, -0.25) is 19.7 Å². The predicted molar refractivity (Wildman–Crippen MR) is 69.7 cm³/mol. The number of aliphatic carboxylic acids is 1. The fraction of sp³-hybridized carbons (Fsp3) is 0.385. The number of halogens is 3. The van der Waals surface area contributed by atoms with Gasteiger partial charge in [-0.25, -0.2) is 0 Å². The molecule has 1 fully saturated rings. The van der Waals surface area contributed by atoms with E-state index in [9.17, 15) is 32.9 Å². The Kier molecular flexibility index (Phi) is 4.01. The minimum absolute atomic E-state index is 0.0426. The van der Waals surface area contributed by atoms with Crippen LogP contribution in [0.3, 0.4) is 0 Å². The molecule has 1 N–H and O–H groups in total. The van der Waals surface area contributed by atoms with Gasteiger partial charge in [0.2, 0.25) is 0 Å². The molecule has 0 aromatic heterocycles. The van der Waals surface area contributed by atoms with Gasteiger partial charge >= 0.3 is 12.1 Å². The number of carboxylic acid groups (broad SMARTS) is 1. The summed E-state index contributed by atoms with van der Waals surface area (Å²) in [7, 11) is 0. The van der Waals surface area contributed by atoms with Crippen molar-refractivity contribution < 1.29 is 32.8 Å². The molecule has 1 atom stereocenters. The third kappa shape index (κ3) is 2.83. The van der Waals surface area contributed by atoms with Gasteiger partial charge < -0.3 is 10.0 Å². The smallest absolute Gasteiger partial charge is 0.406 e. The summed E-state index contributed by atoms with van der Waals surface area (Å²) in [5.41, 5.74) is -3.29. The van der Waals surface area contributed by atoms with E-state index in [1.165, 1.54) is 0 Å². The zero-order valence-electron chi connectivity index (χ0n) is 11.5. The van der Waals surface area contributed by atoms with Crippen molar-refractivity contribution in [2.45, 2.75) is 12.6 Å². The standard InChI is InChI=1S/C13H11F3N2O5/c14-13(15,16)12(11(20)21)5-6-17(7-12)10(19)8-1-3-9(4-2-8)18(22)23/h1-4H,5-7H2,(H,20,21). The summed E-state index contributed by atoms with van der Waals surface area (Å²) in [4.78, 5) is 33.9. The van der Waals surface area contributed by atoms with Crippen molar-refractivity contribution in [1.29, 1.82) is 0 Å². The van der Waals surface area contributed by atoms with Gasteiger partial charge in [0.15, 0.2) is 5.41 Å². The molecule has 1 aromatic carbocycles. The lowest BCUT2D eigenvalue weighted by atomic mass is 9.86. The van der Waals surface area contributed by atoms with Gasteiger partial charge in [-0.2, -0.15) is 13.2 Å². The molecule has 1 unspecified atom stereocenters. The molecule has 0 aliphatic carbocycles. The summed E-state index contributed by atoms with van der Waals surface area (Å²) in [6.07, 6.45) is -5.71.